The maximum absolute atomic E-state index is 11.8. The summed E-state index contributed by atoms with van der Waals surface area (Å²) >= 11 is 0. The van der Waals surface area contributed by atoms with Gasteiger partial charge in [-0.3, -0.25) is 4.79 Å². The van der Waals surface area contributed by atoms with Gasteiger partial charge in [-0.05, 0) is 19.4 Å². The topological polar surface area (TPSA) is 61.5 Å². The molecule has 1 aromatic rings. The number of carbonyl (C=O) groups is 1. The van der Waals surface area contributed by atoms with Crippen molar-refractivity contribution < 1.29 is 14.3 Å². The van der Waals surface area contributed by atoms with Gasteiger partial charge < -0.3 is 15.2 Å². The molecule has 1 aliphatic heterocycles. The summed E-state index contributed by atoms with van der Waals surface area (Å²) in [4.78, 5) is 11.8. The van der Waals surface area contributed by atoms with Crippen molar-refractivity contribution in [3.8, 4) is 5.75 Å². The van der Waals surface area contributed by atoms with E-state index in [4.69, 9.17) is 15.2 Å². The number of esters is 1. The average Bonchev–Trinajstić information content (AvgIpc) is 2.81. The number of hydrogen-bond acceptors (Lipinski definition) is 4. The summed E-state index contributed by atoms with van der Waals surface area (Å²) in [7, 11) is 1.40. The predicted molar refractivity (Wildman–Crippen MR) is 68.5 cm³/mol. The van der Waals surface area contributed by atoms with Gasteiger partial charge in [0, 0.05) is 18.0 Å². The Labute approximate surface area is 107 Å². The van der Waals surface area contributed by atoms with Gasteiger partial charge in [0.25, 0.3) is 0 Å². The molecule has 0 saturated carbocycles. The first-order chi connectivity index (χ1) is 8.60. The second-order valence-electron chi connectivity index (χ2n) is 5.01. The van der Waals surface area contributed by atoms with Gasteiger partial charge in [0.2, 0.25) is 0 Å². The van der Waals surface area contributed by atoms with E-state index >= 15 is 0 Å². The Morgan fingerprint density at radius 1 is 1.56 bits per heavy atom. The van der Waals surface area contributed by atoms with E-state index in [1.165, 1.54) is 7.11 Å². The van der Waals surface area contributed by atoms with E-state index in [9.17, 15) is 4.79 Å². The van der Waals surface area contributed by atoms with Gasteiger partial charge >= 0.3 is 5.97 Å². The van der Waals surface area contributed by atoms with Crippen molar-refractivity contribution in [3.63, 3.8) is 0 Å². The number of fused-ring (bicyclic) bond motifs is 1. The number of benzene rings is 1. The molecule has 0 aliphatic carbocycles. The van der Waals surface area contributed by atoms with E-state index in [1.807, 2.05) is 31.2 Å². The predicted octanol–water partition coefficient (Wildman–Crippen LogP) is 1.69. The summed E-state index contributed by atoms with van der Waals surface area (Å²) < 4.78 is 10.5. The lowest BCUT2D eigenvalue weighted by molar-refractivity contribution is -0.151. The van der Waals surface area contributed by atoms with Crippen LogP contribution < -0.4 is 10.5 Å². The van der Waals surface area contributed by atoms with Crippen molar-refractivity contribution in [2.75, 3.05) is 20.3 Å². The quantitative estimate of drug-likeness (QED) is 0.825. The standard InChI is InChI=1S/C14H19NO3/c1-14(9-15,13(16)17-2)7-10-8-18-12-6-4-3-5-11(10)12/h3-6,10H,7-9,15H2,1-2H3. The van der Waals surface area contributed by atoms with Gasteiger partial charge in [-0.25, -0.2) is 0 Å². The summed E-state index contributed by atoms with van der Waals surface area (Å²) in [6.45, 7) is 2.73. The fraction of sp³-hybridized carbons (Fsp3) is 0.500. The molecule has 4 heteroatoms. The van der Waals surface area contributed by atoms with Crippen LogP contribution in [0.2, 0.25) is 0 Å². The monoisotopic (exact) mass is 249 g/mol. The molecule has 0 saturated heterocycles. The fourth-order valence-corrected chi connectivity index (χ4v) is 2.44. The molecule has 1 heterocycles. The largest absolute Gasteiger partial charge is 0.493 e. The lowest BCUT2D eigenvalue weighted by Crippen LogP contribution is -2.38. The minimum absolute atomic E-state index is 0.203. The fourth-order valence-electron chi connectivity index (χ4n) is 2.44. The summed E-state index contributed by atoms with van der Waals surface area (Å²) in [5.41, 5.74) is 6.24. The van der Waals surface area contributed by atoms with Gasteiger partial charge in [0.1, 0.15) is 5.75 Å². The molecule has 18 heavy (non-hydrogen) atoms. The van der Waals surface area contributed by atoms with Crippen molar-refractivity contribution in [1.82, 2.24) is 0 Å². The van der Waals surface area contributed by atoms with E-state index in [0.717, 1.165) is 11.3 Å². The van der Waals surface area contributed by atoms with Gasteiger partial charge in [0.05, 0.1) is 19.1 Å². The van der Waals surface area contributed by atoms with E-state index < -0.39 is 5.41 Å². The Morgan fingerprint density at radius 3 is 2.94 bits per heavy atom. The van der Waals surface area contributed by atoms with Crippen molar-refractivity contribution in [1.29, 1.82) is 0 Å². The normalized spacial score (nSPS) is 20.7. The van der Waals surface area contributed by atoms with Crippen LogP contribution in [0.15, 0.2) is 24.3 Å². The highest BCUT2D eigenvalue weighted by Crippen LogP contribution is 2.40. The molecule has 0 fully saturated rings. The highest BCUT2D eigenvalue weighted by molar-refractivity contribution is 5.76. The summed E-state index contributed by atoms with van der Waals surface area (Å²) in [5.74, 6) is 0.856. The summed E-state index contributed by atoms with van der Waals surface area (Å²) in [5, 5.41) is 0. The minimum Gasteiger partial charge on any atom is -0.493 e. The Kier molecular flexibility index (Phi) is 3.57. The van der Waals surface area contributed by atoms with Crippen molar-refractivity contribution in [2.45, 2.75) is 19.3 Å². The molecule has 1 aromatic carbocycles. The third-order valence-corrected chi connectivity index (χ3v) is 3.62. The molecule has 0 radical (unpaired) electrons. The Balaban J connectivity index is 2.18. The lowest BCUT2D eigenvalue weighted by Gasteiger charge is -2.27. The average molecular weight is 249 g/mol. The molecule has 0 bridgehead atoms. The third kappa shape index (κ3) is 2.20. The van der Waals surface area contributed by atoms with E-state index in [1.54, 1.807) is 0 Å². The zero-order valence-electron chi connectivity index (χ0n) is 10.8. The van der Waals surface area contributed by atoms with Gasteiger partial charge in [-0.15, -0.1) is 0 Å². The molecule has 4 nitrogen and oxygen atoms in total. The molecular formula is C14H19NO3. The number of ether oxygens (including phenoxy) is 2. The van der Waals surface area contributed by atoms with Crippen LogP contribution in [0.4, 0.5) is 0 Å². The summed E-state index contributed by atoms with van der Waals surface area (Å²) in [6, 6.07) is 7.93. The first-order valence-electron chi connectivity index (χ1n) is 6.11. The maximum Gasteiger partial charge on any atom is 0.312 e. The minimum atomic E-state index is -0.653. The zero-order chi connectivity index (χ0) is 13.2. The Morgan fingerprint density at radius 2 is 2.28 bits per heavy atom. The third-order valence-electron chi connectivity index (χ3n) is 3.62. The molecule has 2 rings (SSSR count). The molecule has 2 atom stereocenters. The Hall–Kier alpha value is -1.55. The van der Waals surface area contributed by atoms with Crippen LogP contribution in [-0.2, 0) is 9.53 Å². The van der Waals surface area contributed by atoms with Crippen LogP contribution in [0.25, 0.3) is 0 Å². The van der Waals surface area contributed by atoms with Crippen LogP contribution >= 0.6 is 0 Å². The smallest absolute Gasteiger partial charge is 0.312 e. The molecule has 0 spiro atoms. The van der Waals surface area contributed by atoms with Crippen LogP contribution in [0, 0.1) is 5.41 Å². The van der Waals surface area contributed by atoms with Crippen LogP contribution in [0.5, 0.6) is 5.75 Å². The van der Waals surface area contributed by atoms with Crippen molar-refractivity contribution >= 4 is 5.97 Å². The number of hydrogen-bond donors (Lipinski definition) is 1. The van der Waals surface area contributed by atoms with Crippen LogP contribution in [0.3, 0.4) is 0 Å². The van der Waals surface area contributed by atoms with E-state index in [-0.39, 0.29) is 18.4 Å². The van der Waals surface area contributed by atoms with Crippen LogP contribution in [0.1, 0.15) is 24.8 Å². The first-order valence-corrected chi connectivity index (χ1v) is 6.11. The Bertz CT molecular complexity index is 446. The maximum atomic E-state index is 11.8. The van der Waals surface area contributed by atoms with Crippen molar-refractivity contribution in [2.24, 2.45) is 11.1 Å². The number of carbonyl (C=O) groups excluding carboxylic acids is 1. The molecule has 0 amide bonds. The van der Waals surface area contributed by atoms with Gasteiger partial charge in [0.15, 0.2) is 0 Å². The number of para-hydroxylation sites is 1. The second-order valence-corrected chi connectivity index (χ2v) is 5.01. The lowest BCUT2D eigenvalue weighted by atomic mass is 9.79. The molecule has 1 aliphatic rings. The number of nitrogens with two attached hydrogens (primary N) is 1. The molecule has 98 valence electrons. The van der Waals surface area contributed by atoms with Crippen LogP contribution in [-0.4, -0.2) is 26.2 Å². The van der Waals surface area contributed by atoms with E-state index in [2.05, 4.69) is 0 Å². The molecule has 0 aromatic heterocycles. The highest BCUT2D eigenvalue weighted by atomic mass is 16.5. The number of rotatable bonds is 4. The van der Waals surface area contributed by atoms with E-state index in [0.29, 0.717) is 13.0 Å². The van der Waals surface area contributed by atoms with Gasteiger partial charge in [-0.1, -0.05) is 18.2 Å². The molecule has 2 N–H and O–H groups in total. The highest BCUT2D eigenvalue weighted by Gasteiger charge is 2.38. The summed E-state index contributed by atoms with van der Waals surface area (Å²) in [6.07, 6.45) is 0.646. The van der Waals surface area contributed by atoms with Crippen molar-refractivity contribution in [3.05, 3.63) is 29.8 Å². The second kappa shape index (κ2) is 4.98. The molecular weight excluding hydrogens is 230 g/mol. The number of methoxy groups -OCH3 is 1. The molecule has 2 unspecified atom stereocenters. The zero-order valence-corrected chi connectivity index (χ0v) is 10.8. The van der Waals surface area contributed by atoms with Gasteiger partial charge in [-0.2, -0.15) is 0 Å². The first kappa shape index (κ1) is 12.9. The SMILES string of the molecule is COC(=O)C(C)(CN)CC1COc2ccccc21.